The van der Waals surface area contributed by atoms with Crippen molar-refractivity contribution >= 4 is 15.9 Å². The van der Waals surface area contributed by atoms with Gasteiger partial charge in [-0.25, -0.2) is 0 Å². The van der Waals surface area contributed by atoms with Gasteiger partial charge in [-0.3, -0.25) is 0 Å². The van der Waals surface area contributed by atoms with E-state index in [1.54, 1.807) is 0 Å². The minimum absolute atomic E-state index is 0.827. The zero-order valence-corrected chi connectivity index (χ0v) is 10.3. The third kappa shape index (κ3) is 2.20. The van der Waals surface area contributed by atoms with Crippen molar-refractivity contribution in [2.45, 2.75) is 38.5 Å². The molecule has 2 unspecified atom stereocenters. The average molecular weight is 253 g/mol. The molecule has 2 atom stereocenters. The number of rotatable bonds is 2. The van der Waals surface area contributed by atoms with Gasteiger partial charge in [0, 0.05) is 4.47 Å². The van der Waals surface area contributed by atoms with E-state index in [2.05, 4.69) is 47.1 Å². The summed E-state index contributed by atoms with van der Waals surface area (Å²) in [6.07, 6.45) is 5.57. The van der Waals surface area contributed by atoms with Crippen molar-refractivity contribution in [1.82, 2.24) is 0 Å². The quantitative estimate of drug-likeness (QED) is 0.713. The van der Waals surface area contributed by atoms with Crippen LogP contribution in [0.1, 0.15) is 44.1 Å². The number of halogens is 1. The molecule has 0 aromatic heterocycles. The van der Waals surface area contributed by atoms with E-state index in [0.717, 1.165) is 11.8 Å². The Morgan fingerprint density at radius 1 is 1.21 bits per heavy atom. The maximum atomic E-state index is 3.48. The zero-order chi connectivity index (χ0) is 9.97. The van der Waals surface area contributed by atoms with Crippen LogP contribution < -0.4 is 0 Å². The van der Waals surface area contributed by atoms with Gasteiger partial charge in [-0.1, -0.05) is 41.4 Å². The largest absolute Gasteiger partial charge is 0.0651 e. The van der Waals surface area contributed by atoms with Gasteiger partial charge in [0.2, 0.25) is 0 Å². The lowest BCUT2D eigenvalue weighted by atomic mass is 9.96. The number of benzene rings is 1. The van der Waals surface area contributed by atoms with Gasteiger partial charge in [0.25, 0.3) is 0 Å². The molecule has 0 nitrogen and oxygen atoms in total. The molecule has 76 valence electrons. The van der Waals surface area contributed by atoms with Gasteiger partial charge in [0.1, 0.15) is 0 Å². The van der Waals surface area contributed by atoms with Crippen molar-refractivity contribution in [2.24, 2.45) is 5.92 Å². The maximum absolute atomic E-state index is 3.48. The molecule has 0 amide bonds. The standard InChI is InChI=1S/C13H17Br/c1-2-10-3-4-12(9-10)11-5-7-13(14)8-6-11/h5-8,10,12H,2-4,9H2,1H3. The first-order chi connectivity index (χ1) is 6.79. The van der Waals surface area contributed by atoms with Gasteiger partial charge in [0.15, 0.2) is 0 Å². The fourth-order valence-corrected chi connectivity index (χ4v) is 2.75. The van der Waals surface area contributed by atoms with Crippen molar-refractivity contribution in [3.05, 3.63) is 34.3 Å². The van der Waals surface area contributed by atoms with Crippen molar-refractivity contribution in [3.63, 3.8) is 0 Å². The second kappa shape index (κ2) is 4.48. The minimum Gasteiger partial charge on any atom is -0.0651 e. The molecule has 0 bridgehead atoms. The summed E-state index contributed by atoms with van der Waals surface area (Å²) in [4.78, 5) is 0. The molecule has 1 fully saturated rings. The summed E-state index contributed by atoms with van der Waals surface area (Å²) in [5.41, 5.74) is 1.53. The third-order valence-electron chi connectivity index (χ3n) is 3.46. The van der Waals surface area contributed by atoms with Gasteiger partial charge >= 0.3 is 0 Å². The molecule has 1 aliphatic rings. The Morgan fingerprint density at radius 2 is 1.93 bits per heavy atom. The first-order valence-corrected chi connectivity index (χ1v) is 6.34. The van der Waals surface area contributed by atoms with Gasteiger partial charge in [-0.2, -0.15) is 0 Å². The summed E-state index contributed by atoms with van der Waals surface area (Å²) in [6, 6.07) is 8.86. The van der Waals surface area contributed by atoms with Crippen molar-refractivity contribution < 1.29 is 0 Å². The molecule has 0 N–H and O–H groups in total. The lowest BCUT2D eigenvalue weighted by Gasteiger charge is -2.10. The van der Waals surface area contributed by atoms with Crippen LogP contribution in [-0.4, -0.2) is 0 Å². The molecule has 0 radical (unpaired) electrons. The molecule has 14 heavy (non-hydrogen) atoms. The Hall–Kier alpha value is -0.300. The SMILES string of the molecule is CCC1CCC(c2ccc(Br)cc2)C1. The Balaban J connectivity index is 2.06. The van der Waals surface area contributed by atoms with Gasteiger partial charge < -0.3 is 0 Å². The van der Waals surface area contributed by atoms with Crippen LogP contribution in [0, 0.1) is 5.92 Å². The van der Waals surface area contributed by atoms with Crippen LogP contribution in [0.2, 0.25) is 0 Å². The lowest BCUT2D eigenvalue weighted by Crippen LogP contribution is -1.94. The normalized spacial score (nSPS) is 26.7. The summed E-state index contributed by atoms with van der Waals surface area (Å²) in [7, 11) is 0. The molecular formula is C13H17Br. The summed E-state index contributed by atoms with van der Waals surface area (Å²) in [5.74, 6) is 1.80. The molecule has 0 saturated heterocycles. The monoisotopic (exact) mass is 252 g/mol. The molecule has 2 rings (SSSR count). The van der Waals surface area contributed by atoms with Crippen LogP contribution in [0.4, 0.5) is 0 Å². The summed E-state index contributed by atoms with van der Waals surface area (Å²) >= 11 is 3.48. The van der Waals surface area contributed by atoms with Gasteiger partial charge in [-0.15, -0.1) is 0 Å². The highest BCUT2D eigenvalue weighted by atomic mass is 79.9. The van der Waals surface area contributed by atoms with Crippen molar-refractivity contribution in [2.75, 3.05) is 0 Å². The van der Waals surface area contributed by atoms with Crippen LogP contribution >= 0.6 is 15.9 Å². The highest BCUT2D eigenvalue weighted by Crippen LogP contribution is 2.39. The molecule has 0 spiro atoms. The smallest absolute Gasteiger partial charge is 0.0175 e. The van der Waals surface area contributed by atoms with Crippen LogP contribution in [0.5, 0.6) is 0 Å². The maximum Gasteiger partial charge on any atom is 0.0175 e. The highest BCUT2D eigenvalue weighted by Gasteiger charge is 2.24. The zero-order valence-electron chi connectivity index (χ0n) is 8.67. The van der Waals surface area contributed by atoms with Gasteiger partial charge in [0.05, 0.1) is 0 Å². The number of hydrogen-bond acceptors (Lipinski definition) is 0. The molecular weight excluding hydrogens is 236 g/mol. The van der Waals surface area contributed by atoms with E-state index in [-0.39, 0.29) is 0 Å². The topological polar surface area (TPSA) is 0 Å². The molecule has 0 aliphatic heterocycles. The molecule has 1 aliphatic carbocycles. The van der Waals surface area contributed by atoms with Crippen LogP contribution in [0.15, 0.2) is 28.7 Å². The van der Waals surface area contributed by atoms with E-state index in [9.17, 15) is 0 Å². The van der Waals surface area contributed by atoms with E-state index in [1.165, 1.54) is 35.7 Å². The average Bonchev–Trinajstić information content (AvgIpc) is 2.67. The van der Waals surface area contributed by atoms with Gasteiger partial charge in [-0.05, 0) is 48.8 Å². The summed E-state index contributed by atoms with van der Waals surface area (Å²) in [6.45, 7) is 2.31. The second-order valence-electron chi connectivity index (χ2n) is 4.34. The predicted octanol–water partition coefficient (Wildman–Crippen LogP) is 4.74. The lowest BCUT2D eigenvalue weighted by molar-refractivity contribution is 0.521. The second-order valence-corrected chi connectivity index (χ2v) is 5.25. The Bertz CT molecular complexity index is 289. The minimum atomic E-state index is 0.827. The van der Waals surface area contributed by atoms with Crippen LogP contribution in [0.25, 0.3) is 0 Å². The first-order valence-electron chi connectivity index (χ1n) is 5.55. The third-order valence-corrected chi connectivity index (χ3v) is 3.99. The summed E-state index contributed by atoms with van der Waals surface area (Å²) in [5, 5.41) is 0. The molecule has 1 saturated carbocycles. The molecule has 0 heterocycles. The van der Waals surface area contributed by atoms with E-state index in [0.29, 0.717) is 0 Å². The van der Waals surface area contributed by atoms with E-state index in [1.807, 2.05) is 0 Å². The first kappa shape index (κ1) is 10.2. The predicted molar refractivity (Wildman–Crippen MR) is 64.5 cm³/mol. The fourth-order valence-electron chi connectivity index (χ4n) is 2.48. The molecule has 1 aromatic rings. The molecule has 1 aromatic carbocycles. The van der Waals surface area contributed by atoms with E-state index < -0.39 is 0 Å². The van der Waals surface area contributed by atoms with Crippen LogP contribution in [-0.2, 0) is 0 Å². The summed E-state index contributed by atoms with van der Waals surface area (Å²) < 4.78 is 1.19. The molecule has 1 heteroatoms. The Labute approximate surface area is 94.8 Å². The number of hydrogen-bond donors (Lipinski definition) is 0. The Morgan fingerprint density at radius 3 is 2.50 bits per heavy atom. The van der Waals surface area contributed by atoms with Crippen molar-refractivity contribution in [1.29, 1.82) is 0 Å². The van der Waals surface area contributed by atoms with E-state index in [4.69, 9.17) is 0 Å². The van der Waals surface area contributed by atoms with E-state index >= 15 is 0 Å². The highest BCUT2D eigenvalue weighted by molar-refractivity contribution is 9.10. The van der Waals surface area contributed by atoms with Crippen molar-refractivity contribution in [3.8, 4) is 0 Å². The van der Waals surface area contributed by atoms with Crippen LogP contribution in [0.3, 0.4) is 0 Å². The fraction of sp³-hybridized carbons (Fsp3) is 0.538. The Kier molecular flexibility index (Phi) is 3.27.